The van der Waals surface area contributed by atoms with Gasteiger partial charge >= 0.3 is 0 Å². The van der Waals surface area contributed by atoms with Gasteiger partial charge in [-0.1, -0.05) is 46.3 Å². The van der Waals surface area contributed by atoms with Gasteiger partial charge in [-0.25, -0.2) is 0 Å². The Bertz CT molecular complexity index is 831. The predicted molar refractivity (Wildman–Crippen MR) is 120 cm³/mol. The number of amides is 1. The number of carbonyl (C=O) groups is 2. The standard InChI is InChI=1S/C26H39NO4/c1-8-14(3)22-24(29)21(25(30)27(22)7)23(28)20-18(26(6)16(5)31-26)10-9-17-12-13(2)11-15(4)19(17)20/h9-10,13-20,22,28H,8,11-12H2,1-7H3/b23-21-/t13-,14-,15+,16-,17-,18-,19+,20+,22-,26+/m0/s1. The summed E-state index contributed by atoms with van der Waals surface area (Å²) in [6.45, 7) is 12.7. The lowest BCUT2D eigenvalue weighted by atomic mass is 9.56. The van der Waals surface area contributed by atoms with Crippen LogP contribution in [0.3, 0.4) is 0 Å². The average molecular weight is 430 g/mol. The fourth-order valence-corrected chi connectivity index (χ4v) is 6.97. The van der Waals surface area contributed by atoms with E-state index in [0.29, 0.717) is 17.8 Å². The van der Waals surface area contributed by atoms with Crippen LogP contribution in [-0.2, 0) is 14.3 Å². The summed E-state index contributed by atoms with van der Waals surface area (Å²) in [7, 11) is 1.69. The molecule has 0 aromatic rings. The minimum atomic E-state index is -0.487. The number of Topliss-reactive ketones (excluding diaryl/α,β-unsaturated/α-hetero) is 1. The van der Waals surface area contributed by atoms with E-state index in [1.165, 1.54) is 4.90 Å². The van der Waals surface area contributed by atoms with E-state index in [0.717, 1.165) is 19.3 Å². The van der Waals surface area contributed by atoms with Crippen molar-refractivity contribution in [2.75, 3.05) is 7.05 Å². The second-order valence-corrected chi connectivity index (χ2v) is 11.0. The number of ether oxygens (including phenoxy) is 1. The lowest BCUT2D eigenvalue weighted by Gasteiger charge is -2.48. The lowest BCUT2D eigenvalue weighted by Crippen LogP contribution is -2.45. The summed E-state index contributed by atoms with van der Waals surface area (Å²) in [5, 5.41) is 11.7. The maximum Gasteiger partial charge on any atom is 0.261 e. The zero-order valence-electron chi connectivity index (χ0n) is 20.1. The number of hydrogen-bond donors (Lipinski definition) is 1. The molecule has 0 bridgehead atoms. The van der Waals surface area contributed by atoms with Crippen LogP contribution in [0.5, 0.6) is 0 Å². The van der Waals surface area contributed by atoms with Crippen LogP contribution in [-0.4, -0.2) is 46.5 Å². The molecule has 172 valence electrons. The van der Waals surface area contributed by atoms with Crippen molar-refractivity contribution in [2.24, 2.45) is 41.4 Å². The maximum absolute atomic E-state index is 13.4. The molecule has 2 saturated heterocycles. The van der Waals surface area contributed by atoms with E-state index in [-0.39, 0.29) is 58.4 Å². The Morgan fingerprint density at radius 3 is 2.48 bits per heavy atom. The molecular weight excluding hydrogens is 390 g/mol. The summed E-state index contributed by atoms with van der Waals surface area (Å²) in [6.07, 6.45) is 7.62. The largest absolute Gasteiger partial charge is 0.511 e. The summed E-state index contributed by atoms with van der Waals surface area (Å²) in [4.78, 5) is 28.1. The Morgan fingerprint density at radius 2 is 1.90 bits per heavy atom. The highest BCUT2D eigenvalue weighted by Gasteiger charge is 2.61. The molecule has 2 aliphatic heterocycles. The third kappa shape index (κ3) is 3.39. The van der Waals surface area contributed by atoms with Crippen LogP contribution in [0.25, 0.3) is 0 Å². The summed E-state index contributed by atoms with van der Waals surface area (Å²) in [5.41, 5.74) is -0.338. The second kappa shape index (κ2) is 7.75. The van der Waals surface area contributed by atoms with Crippen molar-refractivity contribution in [3.05, 3.63) is 23.5 Å². The molecule has 4 rings (SSSR count). The molecule has 0 spiro atoms. The molecule has 1 amide bonds. The minimum Gasteiger partial charge on any atom is -0.511 e. The SMILES string of the molecule is CC[C@H](C)[C@H]1C(=O)/C(=C(/O)[C@H]2[C@@H]3[C@H](C)C[C@H](C)C[C@@H]3C=C[C@@H]2[C@]2(C)O[C@H]2C)C(=O)N1C. The van der Waals surface area contributed by atoms with Gasteiger partial charge in [-0.2, -0.15) is 0 Å². The van der Waals surface area contributed by atoms with Crippen LogP contribution in [0.15, 0.2) is 23.5 Å². The first-order valence-electron chi connectivity index (χ1n) is 12.1. The van der Waals surface area contributed by atoms with Gasteiger partial charge in [0.05, 0.1) is 17.7 Å². The molecule has 5 heteroatoms. The van der Waals surface area contributed by atoms with E-state index in [4.69, 9.17) is 4.74 Å². The first kappa shape index (κ1) is 22.6. The molecule has 5 nitrogen and oxygen atoms in total. The molecule has 2 heterocycles. The number of ketones is 1. The van der Waals surface area contributed by atoms with Crippen molar-refractivity contribution in [1.29, 1.82) is 0 Å². The smallest absolute Gasteiger partial charge is 0.261 e. The van der Waals surface area contributed by atoms with Gasteiger partial charge in [0, 0.05) is 18.9 Å². The van der Waals surface area contributed by atoms with Gasteiger partial charge in [0.15, 0.2) is 5.78 Å². The number of fused-ring (bicyclic) bond motifs is 1. The van der Waals surface area contributed by atoms with E-state index in [1.807, 2.05) is 13.8 Å². The zero-order valence-corrected chi connectivity index (χ0v) is 20.1. The number of carbonyl (C=O) groups excluding carboxylic acids is 2. The van der Waals surface area contributed by atoms with Gasteiger partial charge in [-0.05, 0) is 56.3 Å². The molecule has 4 aliphatic rings. The first-order valence-corrected chi connectivity index (χ1v) is 12.1. The Morgan fingerprint density at radius 1 is 1.26 bits per heavy atom. The molecule has 0 aromatic heterocycles. The number of likely N-dealkylation sites (tertiary alicyclic amines) is 1. The topological polar surface area (TPSA) is 70.1 Å². The number of epoxide rings is 1. The normalized spacial score (nSPS) is 47.4. The van der Waals surface area contributed by atoms with Crippen molar-refractivity contribution >= 4 is 11.7 Å². The summed E-state index contributed by atoms with van der Waals surface area (Å²) >= 11 is 0. The van der Waals surface area contributed by atoms with Crippen LogP contribution in [0.1, 0.15) is 60.8 Å². The zero-order chi connectivity index (χ0) is 22.8. The van der Waals surface area contributed by atoms with Gasteiger partial charge in [-0.3, -0.25) is 9.59 Å². The molecule has 3 fully saturated rings. The van der Waals surface area contributed by atoms with Gasteiger partial charge in [-0.15, -0.1) is 0 Å². The number of hydrogen-bond acceptors (Lipinski definition) is 4. The predicted octanol–water partition coefficient (Wildman–Crippen LogP) is 4.53. The molecular formula is C26H39NO4. The number of nitrogens with zero attached hydrogens (tertiary/aromatic N) is 1. The molecule has 31 heavy (non-hydrogen) atoms. The monoisotopic (exact) mass is 429 g/mol. The lowest BCUT2D eigenvalue weighted by molar-refractivity contribution is -0.126. The quantitative estimate of drug-likeness (QED) is 0.234. The number of aliphatic hydroxyl groups is 1. The number of likely N-dealkylation sites (N-methyl/N-ethyl adjacent to an activating group) is 1. The fourth-order valence-electron chi connectivity index (χ4n) is 6.97. The van der Waals surface area contributed by atoms with E-state index < -0.39 is 6.04 Å². The van der Waals surface area contributed by atoms with Crippen LogP contribution in [0.4, 0.5) is 0 Å². The summed E-state index contributed by atoms with van der Waals surface area (Å²) in [6, 6.07) is -0.487. The van der Waals surface area contributed by atoms with Gasteiger partial charge in [0.25, 0.3) is 5.91 Å². The van der Waals surface area contributed by atoms with Crippen molar-refractivity contribution in [3.63, 3.8) is 0 Å². The Kier molecular flexibility index (Phi) is 5.65. The highest BCUT2D eigenvalue weighted by atomic mass is 16.6. The first-order chi connectivity index (χ1) is 14.5. The van der Waals surface area contributed by atoms with E-state index in [1.54, 1.807) is 7.05 Å². The molecule has 1 N–H and O–H groups in total. The fraction of sp³-hybridized carbons (Fsp3) is 0.769. The molecule has 0 aromatic carbocycles. The number of rotatable bonds is 4. The number of allylic oxidation sites excluding steroid dienone is 2. The number of aliphatic hydroxyl groups excluding tert-OH is 1. The second-order valence-electron chi connectivity index (χ2n) is 11.0. The van der Waals surface area contributed by atoms with Gasteiger partial charge < -0.3 is 14.7 Å². The Hall–Kier alpha value is -1.62. The van der Waals surface area contributed by atoms with E-state index in [9.17, 15) is 14.7 Å². The highest BCUT2D eigenvalue weighted by Crippen LogP contribution is 2.57. The Balaban J connectivity index is 1.81. The minimum absolute atomic E-state index is 0.0160. The van der Waals surface area contributed by atoms with Crippen LogP contribution >= 0.6 is 0 Å². The van der Waals surface area contributed by atoms with Gasteiger partial charge in [0.2, 0.25) is 0 Å². The highest BCUT2D eigenvalue weighted by molar-refractivity contribution is 6.26. The van der Waals surface area contributed by atoms with E-state index in [2.05, 4.69) is 39.8 Å². The maximum atomic E-state index is 13.4. The van der Waals surface area contributed by atoms with Crippen molar-refractivity contribution in [2.45, 2.75) is 78.6 Å². The third-order valence-electron chi connectivity index (χ3n) is 9.03. The molecule has 0 unspecified atom stereocenters. The van der Waals surface area contributed by atoms with Crippen molar-refractivity contribution < 1.29 is 19.4 Å². The van der Waals surface area contributed by atoms with Crippen LogP contribution in [0, 0.1) is 41.4 Å². The molecule has 1 saturated carbocycles. The molecule has 2 aliphatic carbocycles. The molecule has 0 radical (unpaired) electrons. The average Bonchev–Trinajstić information content (AvgIpc) is 3.26. The van der Waals surface area contributed by atoms with Gasteiger partial charge in [0.1, 0.15) is 11.3 Å². The van der Waals surface area contributed by atoms with Crippen LogP contribution < -0.4 is 0 Å². The van der Waals surface area contributed by atoms with E-state index >= 15 is 0 Å². The summed E-state index contributed by atoms with van der Waals surface area (Å²) < 4.78 is 6.01. The van der Waals surface area contributed by atoms with Crippen LogP contribution in [0.2, 0.25) is 0 Å². The molecule has 10 atom stereocenters. The third-order valence-corrected chi connectivity index (χ3v) is 9.03. The van der Waals surface area contributed by atoms with Crippen molar-refractivity contribution in [1.82, 2.24) is 4.90 Å². The Labute approximate surface area is 186 Å². The van der Waals surface area contributed by atoms with Crippen molar-refractivity contribution in [3.8, 4) is 0 Å². The summed E-state index contributed by atoms with van der Waals surface area (Å²) in [5.74, 6) is 0.829.